The Labute approximate surface area is 374 Å². The van der Waals surface area contributed by atoms with Crippen LogP contribution in [0, 0.1) is 0 Å². The predicted molar refractivity (Wildman–Crippen MR) is 254 cm³/mol. The number of likely N-dealkylation sites (N-methyl/N-ethyl adjacent to an activating group) is 1. The molecule has 0 rings (SSSR count). The van der Waals surface area contributed by atoms with Crippen LogP contribution in [0.5, 0.6) is 0 Å². The Morgan fingerprint density at radius 1 is 0.508 bits per heavy atom. The average molecular weight is 854 g/mol. The average Bonchev–Trinajstić information content (AvgIpc) is 3.22. The van der Waals surface area contributed by atoms with Gasteiger partial charge < -0.3 is 28.6 Å². The molecule has 2 atom stereocenters. The first-order valence-corrected chi connectivity index (χ1v) is 24.5. The Morgan fingerprint density at radius 2 is 0.918 bits per heavy atom. The SMILES string of the molecule is CC/C=C\C/C=C\C/C=C\C/C=C\C/C=C\CCCCCC(=O)OC(COCCC(C(=O)[O-])[N+](C)(C)C)COC(=O)CCCCCCCCC/C=C\CCCCCCCCC. The highest BCUT2D eigenvalue weighted by Gasteiger charge is 2.25. The zero-order valence-electron chi connectivity index (χ0n) is 39.8. The first-order chi connectivity index (χ1) is 29.6. The molecule has 0 amide bonds. The first-order valence-electron chi connectivity index (χ1n) is 24.5. The summed E-state index contributed by atoms with van der Waals surface area (Å²) in [6.45, 7) is 4.51. The Bertz CT molecular complexity index is 1230. The fourth-order valence-electron chi connectivity index (χ4n) is 6.80. The Morgan fingerprint density at radius 3 is 1.39 bits per heavy atom. The zero-order chi connectivity index (χ0) is 44.9. The molecule has 0 N–H and O–H groups in total. The van der Waals surface area contributed by atoms with E-state index in [1.54, 1.807) is 21.1 Å². The van der Waals surface area contributed by atoms with E-state index in [1.165, 1.54) is 83.5 Å². The monoisotopic (exact) mass is 854 g/mol. The van der Waals surface area contributed by atoms with E-state index in [9.17, 15) is 19.5 Å². The summed E-state index contributed by atoms with van der Waals surface area (Å²) in [6, 6.07) is -0.736. The summed E-state index contributed by atoms with van der Waals surface area (Å²) in [7, 11) is 5.39. The molecule has 0 spiro atoms. The summed E-state index contributed by atoms with van der Waals surface area (Å²) < 4.78 is 17.2. The number of aliphatic carboxylic acids is 1. The molecule has 0 aliphatic heterocycles. The number of esters is 2. The maximum Gasteiger partial charge on any atom is 0.306 e. The minimum atomic E-state index is -1.13. The number of allylic oxidation sites excluding steroid dienone is 12. The lowest BCUT2D eigenvalue weighted by atomic mass is 10.1. The van der Waals surface area contributed by atoms with Crippen LogP contribution < -0.4 is 5.11 Å². The van der Waals surface area contributed by atoms with E-state index >= 15 is 0 Å². The number of quaternary nitrogens is 1. The first kappa shape index (κ1) is 57.8. The van der Waals surface area contributed by atoms with Gasteiger partial charge in [0.05, 0.1) is 40.3 Å². The minimum Gasteiger partial charge on any atom is -0.544 e. The number of rotatable bonds is 43. The topological polar surface area (TPSA) is 102 Å². The molecule has 0 fully saturated rings. The molecule has 2 unspecified atom stereocenters. The van der Waals surface area contributed by atoms with E-state index < -0.39 is 18.1 Å². The molecule has 0 saturated heterocycles. The number of carbonyl (C=O) groups is 3. The van der Waals surface area contributed by atoms with Crippen molar-refractivity contribution in [2.75, 3.05) is 41.0 Å². The van der Waals surface area contributed by atoms with Crippen LogP contribution in [0.2, 0.25) is 0 Å². The van der Waals surface area contributed by atoms with Gasteiger partial charge in [0, 0.05) is 19.3 Å². The molecule has 0 aromatic heterocycles. The second-order valence-corrected chi connectivity index (χ2v) is 17.3. The molecular weight excluding hydrogens is 763 g/mol. The molecule has 0 saturated carbocycles. The van der Waals surface area contributed by atoms with E-state index in [0.29, 0.717) is 12.8 Å². The molecule has 0 aromatic carbocycles. The lowest BCUT2D eigenvalue weighted by Gasteiger charge is -2.34. The third-order valence-electron chi connectivity index (χ3n) is 10.6. The third kappa shape index (κ3) is 41.9. The van der Waals surface area contributed by atoms with Crippen LogP contribution in [0.1, 0.15) is 194 Å². The highest BCUT2D eigenvalue weighted by molar-refractivity contribution is 5.70. The summed E-state index contributed by atoms with van der Waals surface area (Å²) in [5.41, 5.74) is 0. The van der Waals surface area contributed by atoms with Crippen molar-refractivity contribution >= 4 is 17.9 Å². The number of nitrogens with zero attached hydrogens (tertiary/aromatic N) is 1. The fourth-order valence-corrected chi connectivity index (χ4v) is 6.80. The highest BCUT2D eigenvalue weighted by Crippen LogP contribution is 2.14. The van der Waals surface area contributed by atoms with E-state index in [1.807, 2.05) is 0 Å². The van der Waals surface area contributed by atoms with Crippen molar-refractivity contribution in [1.82, 2.24) is 0 Å². The van der Waals surface area contributed by atoms with Crippen LogP contribution in [0.4, 0.5) is 0 Å². The van der Waals surface area contributed by atoms with Crippen molar-refractivity contribution in [2.24, 2.45) is 0 Å². The quantitative estimate of drug-likeness (QED) is 0.0260. The molecular formula is C53H91NO7. The summed E-state index contributed by atoms with van der Waals surface area (Å²) in [5, 5.41) is 11.6. The molecule has 8 nitrogen and oxygen atoms in total. The van der Waals surface area contributed by atoms with Gasteiger partial charge in [0.2, 0.25) is 0 Å². The minimum absolute atomic E-state index is 0.0228. The fraction of sp³-hybridized carbons (Fsp3) is 0.717. The van der Waals surface area contributed by atoms with Crippen LogP contribution in [0.25, 0.3) is 0 Å². The second-order valence-electron chi connectivity index (χ2n) is 17.3. The van der Waals surface area contributed by atoms with Crippen molar-refractivity contribution in [1.29, 1.82) is 0 Å². The van der Waals surface area contributed by atoms with Crippen LogP contribution >= 0.6 is 0 Å². The number of carboxylic acids is 1. The second kappa shape index (κ2) is 43.4. The van der Waals surface area contributed by atoms with Crippen molar-refractivity contribution in [3.63, 3.8) is 0 Å². The molecule has 0 radical (unpaired) electrons. The molecule has 0 bridgehead atoms. The summed E-state index contributed by atoms with van der Waals surface area (Å²) in [6.07, 6.45) is 55.0. The smallest absolute Gasteiger partial charge is 0.306 e. The van der Waals surface area contributed by atoms with Crippen LogP contribution in [-0.2, 0) is 28.6 Å². The van der Waals surface area contributed by atoms with Crippen LogP contribution in [-0.4, -0.2) is 75.5 Å². The van der Waals surface area contributed by atoms with Gasteiger partial charge in [0.15, 0.2) is 6.10 Å². The molecule has 8 heteroatoms. The van der Waals surface area contributed by atoms with Gasteiger partial charge in [-0.2, -0.15) is 0 Å². The molecule has 0 heterocycles. The van der Waals surface area contributed by atoms with Gasteiger partial charge in [-0.25, -0.2) is 0 Å². The standard InChI is InChI=1S/C53H91NO7/c1-6-8-10-12-14-16-18-20-22-24-26-28-30-32-34-36-38-40-42-44-52(56)61-49(47-59-46-45-50(53(57)58)54(3,4)5)48-60-51(55)43-41-39-37-35-33-31-29-27-25-23-21-19-17-15-13-11-9-7-2/h8,10,14,16,20,22-23,25-26,28,32,34,49-50H,6-7,9,11-13,15,17-19,21,24,27,29-31,33,35-48H2,1-5H3/b10-8-,16-14-,22-20-,25-23-,28-26-,34-32-. The van der Waals surface area contributed by atoms with E-state index in [2.05, 4.69) is 86.8 Å². The van der Waals surface area contributed by atoms with Gasteiger partial charge in [0.1, 0.15) is 12.6 Å². The zero-order valence-corrected chi connectivity index (χ0v) is 39.8. The largest absolute Gasteiger partial charge is 0.544 e. The van der Waals surface area contributed by atoms with E-state index in [4.69, 9.17) is 14.2 Å². The van der Waals surface area contributed by atoms with Gasteiger partial charge in [0.25, 0.3) is 0 Å². The van der Waals surface area contributed by atoms with Crippen molar-refractivity contribution in [3.8, 4) is 0 Å². The van der Waals surface area contributed by atoms with Gasteiger partial charge in [-0.3, -0.25) is 9.59 Å². The van der Waals surface area contributed by atoms with Crippen molar-refractivity contribution in [2.45, 2.75) is 206 Å². The lowest BCUT2D eigenvalue weighted by molar-refractivity contribution is -0.889. The van der Waals surface area contributed by atoms with Crippen LogP contribution in [0.3, 0.4) is 0 Å². The van der Waals surface area contributed by atoms with Gasteiger partial charge in [-0.15, -0.1) is 0 Å². The molecule has 0 aromatic rings. The lowest BCUT2D eigenvalue weighted by Crippen LogP contribution is -2.55. The number of hydrogen-bond acceptors (Lipinski definition) is 7. The number of ether oxygens (including phenoxy) is 3. The maximum absolute atomic E-state index is 12.8. The maximum atomic E-state index is 12.8. The summed E-state index contributed by atoms with van der Waals surface area (Å²) >= 11 is 0. The molecule has 0 aliphatic rings. The Hall–Kier alpha value is -3.23. The summed E-state index contributed by atoms with van der Waals surface area (Å²) in [5.74, 6) is -1.79. The highest BCUT2D eigenvalue weighted by atomic mass is 16.6. The number of hydrogen-bond donors (Lipinski definition) is 0. The van der Waals surface area contributed by atoms with Crippen molar-refractivity contribution in [3.05, 3.63) is 72.9 Å². The number of carboxylic acid groups (broad SMARTS) is 1. The van der Waals surface area contributed by atoms with Gasteiger partial charge in [-0.1, -0.05) is 164 Å². The van der Waals surface area contributed by atoms with E-state index in [0.717, 1.165) is 70.6 Å². The molecule has 61 heavy (non-hydrogen) atoms. The predicted octanol–water partition coefficient (Wildman–Crippen LogP) is 12.6. The Kier molecular flexibility index (Phi) is 41.1. The van der Waals surface area contributed by atoms with Gasteiger partial charge >= 0.3 is 11.9 Å². The number of unbranched alkanes of at least 4 members (excludes halogenated alkanes) is 17. The molecule has 350 valence electrons. The Balaban J connectivity index is 4.36. The van der Waals surface area contributed by atoms with E-state index in [-0.39, 0.29) is 49.1 Å². The molecule has 0 aliphatic carbocycles. The third-order valence-corrected chi connectivity index (χ3v) is 10.6. The summed E-state index contributed by atoms with van der Waals surface area (Å²) in [4.78, 5) is 37.0. The van der Waals surface area contributed by atoms with Crippen molar-refractivity contribution < 1.29 is 38.2 Å². The van der Waals surface area contributed by atoms with Crippen LogP contribution in [0.15, 0.2) is 72.9 Å². The number of carbonyl (C=O) groups excluding carboxylic acids is 3. The van der Waals surface area contributed by atoms with Gasteiger partial charge in [-0.05, 0) is 83.5 Å². The normalized spacial score (nSPS) is 13.5.